The van der Waals surface area contributed by atoms with Gasteiger partial charge < -0.3 is 4.90 Å². The highest BCUT2D eigenvalue weighted by Crippen LogP contribution is 2.02. The van der Waals surface area contributed by atoms with Crippen LogP contribution in [0.5, 0.6) is 0 Å². The molecule has 0 aliphatic carbocycles. The van der Waals surface area contributed by atoms with E-state index in [9.17, 15) is 4.79 Å². The highest BCUT2D eigenvalue weighted by atomic mass is 79.9. The Balaban J connectivity index is 3.71. The zero-order valence-electron chi connectivity index (χ0n) is 5.97. The lowest BCUT2D eigenvalue weighted by atomic mass is 10.7. The minimum Gasteiger partial charge on any atom is -0.330 e. The number of amides is 2. The molecule has 5 heteroatoms. The van der Waals surface area contributed by atoms with Gasteiger partial charge in [0.05, 0.1) is 16.1 Å². The summed E-state index contributed by atoms with van der Waals surface area (Å²) in [6.07, 6.45) is 0. The Morgan fingerprint density at radius 3 is 2.30 bits per heavy atom. The molecule has 0 fully saturated rings. The maximum absolute atomic E-state index is 11.0. The van der Waals surface area contributed by atoms with Crippen LogP contribution in [-0.4, -0.2) is 40.8 Å². The molecule has 0 bridgehead atoms. The van der Waals surface area contributed by atoms with E-state index in [0.29, 0.717) is 6.54 Å². The fourth-order valence-corrected chi connectivity index (χ4v) is 1.71. The molecule has 3 nitrogen and oxygen atoms in total. The summed E-state index contributed by atoms with van der Waals surface area (Å²) in [7, 11) is 3.43. The number of hydrogen-bond donors (Lipinski definition) is 0. The van der Waals surface area contributed by atoms with Gasteiger partial charge in [-0.05, 0) is 0 Å². The van der Waals surface area contributed by atoms with Crippen molar-refractivity contribution in [3.05, 3.63) is 0 Å². The van der Waals surface area contributed by atoms with Crippen LogP contribution in [0.25, 0.3) is 0 Å². The van der Waals surface area contributed by atoms with Gasteiger partial charge in [0.2, 0.25) is 0 Å². The summed E-state index contributed by atoms with van der Waals surface area (Å²) < 4.78 is 1.47. The van der Waals surface area contributed by atoms with Crippen LogP contribution >= 0.6 is 32.1 Å². The Morgan fingerprint density at radius 1 is 1.50 bits per heavy atom. The zero-order chi connectivity index (χ0) is 8.15. The molecule has 0 spiro atoms. The molecule has 0 unspecified atom stereocenters. The first kappa shape index (κ1) is 10.2. The molecule has 0 aliphatic rings. The van der Waals surface area contributed by atoms with Gasteiger partial charge in [-0.15, -0.1) is 0 Å². The third kappa shape index (κ3) is 3.41. The zero-order valence-corrected chi connectivity index (χ0v) is 9.14. The number of halogens is 2. The lowest BCUT2D eigenvalue weighted by Crippen LogP contribution is -2.33. The van der Waals surface area contributed by atoms with Gasteiger partial charge in [0.15, 0.2) is 0 Å². The lowest BCUT2D eigenvalue weighted by molar-refractivity contribution is 0.203. The van der Waals surface area contributed by atoms with Gasteiger partial charge in [0.25, 0.3) is 0 Å². The van der Waals surface area contributed by atoms with Crippen molar-refractivity contribution in [3.63, 3.8) is 0 Å². The van der Waals surface area contributed by atoms with E-state index in [-0.39, 0.29) is 6.03 Å². The predicted molar refractivity (Wildman–Crippen MR) is 48.5 cm³/mol. The van der Waals surface area contributed by atoms with Crippen molar-refractivity contribution in [2.45, 2.75) is 0 Å². The van der Waals surface area contributed by atoms with Crippen LogP contribution < -0.4 is 0 Å². The monoisotopic (exact) mass is 272 g/mol. The minimum absolute atomic E-state index is 0.0422. The smallest absolute Gasteiger partial charge is 0.329 e. The Morgan fingerprint density at radius 2 is 2.00 bits per heavy atom. The summed E-state index contributed by atoms with van der Waals surface area (Å²) >= 11 is 6.34. The van der Waals surface area contributed by atoms with Gasteiger partial charge in [-0.1, -0.05) is 15.9 Å². The first-order chi connectivity index (χ1) is 4.59. The van der Waals surface area contributed by atoms with Gasteiger partial charge in [-0.3, -0.25) is 3.93 Å². The predicted octanol–water partition coefficient (Wildman–Crippen LogP) is 1.67. The molecule has 0 aromatic carbocycles. The van der Waals surface area contributed by atoms with Crippen LogP contribution in [0, 0.1) is 0 Å². The first-order valence-electron chi connectivity index (χ1n) is 2.80. The summed E-state index contributed by atoms with van der Waals surface area (Å²) in [5, 5.41) is 0.776. The van der Waals surface area contributed by atoms with E-state index in [0.717, 1.165) is 5.33 Å². The third-order valence-electron chi connectivity index (χ3n) is 0.871. The molecule has 0 saturated heterocycles. The molecule has 60 valence electrons. The quantitative estimate of drug-likeness (QED) is 0.555. The van der Waals surface area contributed by atoms with Crippen LogP contribution in [-0.2, 0) is 0 Å². The maximum Gasteiger partial charge on any atom is 0.329 e. The Bertz CT molecular complexity index is 118. The van der Waals surface area contributed by atoms with Crippen molar-refractivity contribution >= 4 is 38.1 Å². The Kier molecular flexibility index (Phi) is 5.07. The van der Waals surface area contributed by atoms with Crippen LogP contribution in [0.15, 0.2) is 0 Å². The van der Waals surface area contributed by atoms with Crippen LogP contribution in [0.4, 0.5) is 4.79 Å². The number of carbonyl (C=O) groups excluding carboxylic acids is 1. The second-order valence-corrected chi connectivity index (χ2v) is 3.60. The standard InChI is InChI=1S/C5H10Br2N2O/c1-8(2)5(10)9(7)4-3-6/h3-4H2,1-2H3. The molecule has 0 aromatic heterocycles. The van der Waals surface area contributed by atoms with Crippen LogP contribution in [0.2, 0.25) is 0 Å². The summed E-state index contributed by atoms with van der Waals surface area (Å²) in [5.41, 5.74) is 0. The molecule has 2 amide bonds. The molecule has 0 aromatic rings. The highest BCUT2D eigenvalue weighted by Gasteiger charge is 2.10. The largest absolute Gasteiger partial charge is 0.330 e. The number of urea groups is 1. The topological polar surface area (TPSA) is 23.6 Å². The SMILES string of the molecule is CN(C)C(=O)N(Br)CCBr. The minimum atomic E-state index is -0.0422. The molecular formula is C5H10Br2N2O. The molecule has 0 radical (unpaired) electrons. The van der Waals surface area contributed by atoms with Crippen LogP contribution in [0.3, 0.4) is 0 Å². The summed E-state index contributed by atoms with van der Waals surface area (Å²) in [5.74, 6) is 0. The van der Waals surface area contributed by atoms with Gasteiger partial charge >= 0.3 is 6.03 Å². The lowest BCUT2D eigenvalue weighted by Gasteiger charge is -2.17. The Labute approximate surface area is 77.8 Å². The van der Waals surface area contributed by atoms with E-state index < -0.39 is 0 Å². The van der Waals surface area contributed by atoms with Crippen molar-refractivity contribution in [2.24, 2.45) is 0 Å². The fraction of sp³-hybridized carbons (Fsp3) is 0.800. The second-order valence-electron chi connectivity index (χ2n) is 1.95. The van der Waals surface area contributed by atoms with E-state index in [1.54, 1.807) is 14.1 Å². The van der Waals surface area contributed by atoms with E-state index in [1.807, 2.05) is 0 Å². The molecule has 0 heterocycles. The van der Waals surface area contributed by atoms with Crippen LogP contribution in [0.1, 0.15) is 0 Å². The molecule has 0 atom stereocenters. The molecule has 0 rings (SSSR count). The van der Waals surface area contributed by atoms with Gasteiger partial charge in [-0.25, -0.2) is 4.79 Å². The fourth-order valence-electron chi connectivity index (χ4n) is 0.387. The average molecular weight is 274 g/mol. The molecule has 0 N–H and O–H groups in total. The third-order valence-corrected chi connectivity index (χ3v) is 1.88. The van der Waals surface area contributed by atoms with E-state index >= 15 is 0 Å². The number of rotatable bonds is 2. The molecular weight excluding hydrogens is 264 g/mol. The van der Waals surface area contributed by atoms with Crippen molar-refractivity contribution in [3.8, 4) is 0 Å². The Hall–Kier alpha value is 0.230. The van der Waals surface area contributed by atoms with Crippen molar-refractivity contribution in [1.82, 2.24) is 8.83 Å². The average Bonchev–Trinajstić information content (AvgIpc) is 1.87. The van der Waals surface area contributed by atoms with Gasteiger partial charge in [0, 0.05) is 26.0 Å². The van der Waals surface area contributed by atoms with Crippen molar-refractivity contribution in [2.75, 3.05) is 26.0 Å². The first-order valence-corrected chi connectivity index (χ1v) is 4.63. The van der Waals surface area contributed by atoms with E-state index in [2.05, 4.69) is 32.1 Å². The maximum atomic E-state index is 11.0. The second kappa shape index (κ2) is 4.96. The summed E-state index contributed by atoms with van der Waals surface area (Å²) in [6, 6.07) is -0.0422. The van der Waals surface area contributed by atoms with E-state index in [4.69, 9.17) is 0 Å². The normalized spacial score (nSPS) is 9.20. The highest BCUT2D eigenvalue weighted by molar-refractivity contribution is 9.09. The van der Waals surface area contributed by atoms with Gasteiger partial charge in [-0.2, -0.15) is 0 Å². The molecule has 10 heavy (non-hydrogen) atoms. The number of alkyl halides is 1. The van der Waals surface area contributed by atoms with Gasteiger partial charge in [0.1, 0.15) is 0 Å². The van der Waals surface area contributed by atoms with Crippen molar-refractivity contribution in [1.29, 1.82) is 0 Å². The number of nitrogens with zero attached hydrogens (tertiary/aromatic N) is 2. The molecule has 0 saturated carbocycles. The summed E-state index contributed by atoms with van der Waals surface area (Å²) in [4.78, 5) is 12.5. The summed E-state index contributed by atoms with van der Waals surface area (Å²) in [6.45, 7) is 0.664. The molecule has 0 aliphatic heterocycles. The number of carbonyl (C=O) groups is 1. The number of hydrogen-bond acceptors (Lipinski definition) is 1. The van der Waals surface area contributed by atoms with E-state index in [1.165, 1.54) is 8.83 Å². The van der Waals surface area contributed by atoms with Crippen molar-refractivity contribution < 1.29 is 4.79 Å².